The molecule has 0 saturated heterocycles. The van der Waals surface area contributed by atoms with Gasteiger partial charge in [0.25, 0.3) is 0 Å². The Balaban J connectivity index is 2.66. The molecule has 1 aromatic rings. The lowest BCUT2D eigenvalue weighted by Crippen LogP contribution is -2.20. The lowest BCUT2D eigenvalue weighted by molar-refractivity contribution is 0.0515. The topological polar surface area (TPSA) is 43.3 Å². The van der Waals surface area contributed by atoms with E-state index in [1.54, 1.807) is 17.7 Å². The Bertz CT molecular complexity index is 294. The van der Waals surface area contributed by atoms with Crippen molar-refractivity contribution in [2.75, 3.05) is 18.6 Å². The molecule has 1 rings (SSSR count). The van der Waals surface area contributed by atoms with Crippen LogP contribution in [0, 0.1) is 0 Å². The zero-order valence-corrected chi connectivity index (χ0v) is 8.62. The Morgan fingerprint density at radius 3 is 3.00 bits per heavy atom. The number of hydrogen-bond acceptors (Lipinski definition) is 3. The average molecular weight is 196 g/mol. The van der Waals surface area contributed by atoms with E-state index in [0.29, 0.717) is 12.3 Å². The van der Waals surface area contributed by atoms with Crippen LogP contribution in [0.2, 0.25) is 0 Å². The summed E-state index contributed by atoms with van der Waals surface area (Å²) < 4.78 is 6.60. The fraction of sp³-hybridized carbons (Fsp3) is 0.500. The molecule has 0 aliphatic heterocycles. The minimum absolute atomic E-state index is 0.291. The molecule has 1 N–H and O–H groups in total. The second-order valence-corrected chi connectivity index (χ2v) is 2.89. The van der Waals surface area contributed by atoms with E-state index in [1.165, 1.54) is 0 Å². The Labute approximate surface area is 83.8 Å². The number of rotatable bonds is 5. The maximum Gasteiger partial charge on any atom is 0.356 e. The first kappa shape index (κ1) is 10.6. The summed E-state index contributed by atoms with van der Waals surface area (Å²) in [4.78, 5) is 11.4. The first-order valence-corrected chi connectivity index (χ1v) is 4.88. The van der Waals surface area contributed by atoms with Crippen LogP contribution in [0.25, 0.3) is 0 Å². The standard InChI is InChI=1S/C10H16N2O2/c1-3-7-11-12-8-5-6-9(12)10(13)14-4-2/h5-6,8,11H,3-4,7H2,1-2H3. The van der Waals surface area contributed by atoms with E-state index in [2.05, 4.69) is 12.3 Å². The summed E-state index contributed by atoms with van der Waals surface area (Å²) in [5.41, 5.74) is 3.64. The SMILES string of the molecule is CCCNn1cccc1C(=O)OCC. The quantitative estimate of drug-likeness (QED) is 0.728. The molecule has 0 spiro atoms. The van der Waals surface area contributed by atoms with Crippen molar-refractivity contribution in [1.29, 1.82) is 0 Å². The monoisotopic (exact) mass is 196 g/mol. The highest BCUT2D eigenvalue weighted by Crippen LogP contribution is 2.02. The van der Waals surface area contributed by atoms with Gasteiger partial charge in [0.15, 0.2) is 0 Å². The summed E-state index contributed by atoms with van der Waals surface area (Å²) in [7, 11) is 0. The number of carbonyl (C=O) groups excluding carboxylic acids is 1. The second kappa shape index (κ2) is 5.32. The number of nitrogens with zero attached hydrogens (tertiary/aromatic N) is 1. The molecule has 0 amide bonds. The van der Waals surface area contributed by atoms with Crippen LogP contribution in [0.5, 0.6) is 0 Å². The molecule has 0 radical (unpaired) electrons. The summed E-state index contributed by atoms with van der Waals surface area (Å²) in [6.07, 6.45) is 2.82. The molecule has 0 aromatic carbocycles. The van der Waals surface area contributed by atoms with Crippen LogP contribution < -0.4 is 5.43 Å². The highest BCUT2D eigenvalue weighted by Gasteiger charge is 2.10. The maximum atomic E-state index is 11.4. The Morgan fingerprint density at radius 1 is 1.57 bits per heavy atom. The third kappa shape index (κ3) is 2.52. The summed E-state index contributed by atoms with van der Waals surface area (Å²) >= 11 is 0. The van der Waals surface area contributed by atoms with Crippen LogP contribution in [-0.2, 0) is 4.74 Å². The van der Waals surface area contributed by atoms with Gasteiger partial charge in [0.05, 0.1) is 6.61 Å². The van der Waals surface area contributed by atoms with Gasteiger partial charge in [-0.05, 0) is 25.5 Å². The summed E-state index contributed by atoms with van der Waals surface area (Å²) in [5.74, 6) is -0.291. The predicted molar refractivity (Wildman–Crippen MR) is 54.9 cm³/mol. The van der Waals surface area contributed by atoms with Gasteiger partial charge < -0.3 is 10.2 Å². The molecular weight excluding hydrogens is 180 g/mol. The summed E-state index contributed by atoms with van der Waals surface area (Å²) in [6.45, 7) is 5.10. The van der Waals surface area contributed by atoms with Crippen LogP contribution >= 0.6 is 0 Å². The smallest absolute Gasteiger partial charge is 0.356 e. The molecule has 0 saturated carbocycles. The van der Waals surface area contributed by atoms with Crippen molar-refractivity contribution in [2.24, 2.45) is 0 Å². The van der Waals surface area contributed by atoms with E-state index in [4.69, 9.17) is 4.74 Å². The highest BCUT2D eigenvalue weighted by molar-refractivity contribution is 5.87. The largest absolute Gasteiger partial charge is 0.461 e. The molecule has 0 unspecified atom stereocenters. The number of nitrogens with one attached hydrogen (secondary N) is 1. The lowest BCUT2D eigenvalue weighted by atomic mass is 10.4. The van der Waals surface area contributed by atoms with Gasteiger partial charge >= 0.3 is 5.97 Å². The number of ether oxygens (including phenoxy) is 1. The fourth-order valence-electron chi connectivity index (χ4n) is 1.12. The van der Waals surface area contributed by atoms with Crippen LogP contribution in [0.3, 0.4) is 0 Å². The second-order valence-electron chi connectivity index (χ2n) is 2.89. The molecule has 0 aliphatic rings. The molecular formula is C10H16N2O2. The third-order valence-electron chi connectivity index (χ3n) is 1.77. The maximum absolute atomic E-state index is 11.4. The van der Waals surface area contributed by atoms with Crippen molar-refractivity contribution in [3.8, 4) is 0 Å². The number of esters is 1. The average Bonchev–Trinajstić information content (AvgIpc) is 2.63. The normalized spacial score (nSPS) is 9.86. The van der Waals surface area contributed by atoms with Gasteiger partial charge in [-0.15, -0.1) is 0 Å². The Morgan fingerprint density at radius 2 is 2.36 bits per heavy atom. The van der Waals surface area contributed by atoms with Crippen LogP contribution in [-0.4, -0.2) is 23.8 Å². The highest BCUT2D eigenvalue weighted by atomic mass is 16.5. The predicted octanol–water partition coefficient (Wildman–Crippen LogP) is 1.62. The molecule has 0 bridgehead atoms. The van der Waals surface area contributed by atoms with E-state index in [0.717, 1.165) is 13.0 Å². The molecule has 0 atom stereocenters. The Hall–Kier alpha value is -1.45. The van der Waals surface area contributed by atoms with Crippen molar-refractivity contribution >= 4 is 5.97 Å². The molecule has 4 nitrogen and oxygen atoms in total. The molecule has 1 aromatic heterocycles. The van der Waals surface area contributed by atoms with Gasteiger partial charge in [0.2, 0.25) is 0 Å². The van der Waals surface area contributed by atoms with Crippen LogP contribution in [0.4, 0.5) is 0 Å². The molecule has 0 fully saturated rings. The van der Waals surface area contributed by atoms with Crippen molar-refractivity contribution in [3.05, 3.63) is 24.0 Å². The fourth-order valence-corrected chi connectivity index (χ4v) is 1.12. The molecule has 4 heteroatoms. The number of carbonyl (C=O) groups is 1. The number of hydrogen-bond donors (Lipinski definition) is 1. The van der Waals surface area contributed by atoms with Crippen molar-refractivity contribution in [1.82, 2.24) is 4.68 Å². The van der Waals surface area contributed by atoms with E-state index < -0.39 is 0 Å². The van der Waals surface area contributed by atoms with Gasteiger partial charge in [-0.2, -0.15) is 0 Å². The van der Waals surface area contributed by atoms with Crippen molar-refractivity contribution in [3.63, 3.8) is 0 Å². The Kier molecular flexibility index (Phi) is 4.04. The molecule has 1 heterocycles. The van der Waals surface area contributed by atoms with E-state index >= 15 is 0 Å². The van der Waals surface area contributed by atoms with Crippen molar-refractivity contribution in [2.45, 2.75) is 20.3 Å². The van der Waals surface area contributed by atoms with E-state index in [9.17, 15) is 4.79 Å². The minimum atomic E-state index is -0.291. The minimum Gasteiger partial charge on any atom is -0.461 e. The van der Waals surface area contributed by atoms with Gasteiger partial charge in [-0.25, -0.2) is 4.79 Å². The lowest BCUT2D eigenvalue weighted by Gasteiger charge is -2.09. The molecule has 0 aliphatic carbocycles. The zero-order chi connectivity index (χ0) is 10.4. The summed E-state index contributed by atoms with van der Waals surface area (Å²) in [6, 6.07) is 3.55. The molecule has 78 valence electrons. The first-order valence-electron chi connectivity index (χ1n) is 4.88. The van der Waals surface area contributed by atoms with Gasteiger partial charge in [-0.3, -0.25) is 4.68 Å². The van der Waals surface area contributed by atoms with Crippen molar-refractivity contribution < 1.29 is 9.53 Å². The summed E-state index contributed by atoms with van der Waals surface area (Å²) in [5, 5.41) is 0. The van der Waals surface area contributed by atoms with E-state index in [1.807, 2.05) is 12.3 Å². The van der Waals surface area contributed by atoms with Crippen LogP contribution in [0.1, 0.15) is 30.8 Å². The zero-order valence-electron chi connectivity index (χ0n) is 8.62. The van der Waals surface area contributed by atoms with Gasteiger partial charge in [0.1, 0.15) is 5.69 Å². The van der Waals surface area contributed by atoms with Gasteiger partial charge in [0, 0.05) is 12.7 Å². The first-order chi connectivity index (χ1) is 6.79. The molecule has 14 heavy (non-hydrogen) atoms. The van der Waals surface area contributed by atoms with Crippen LogP contribution in [0.15, 0.2) is 18.3 Å². The van der Waals surface area contributed by atoms with Gasteiger partial charge in [-0.1, -0.05) is 6.92 Å². The number of aromatic nitrogens is 1. The third-order valence-corrected chi connectivity index (χ3v) is 1.77. The van der Waals surface area contributed by atoms with E-state index in [-0.39, 0.29) is 5.97 Å².